The summed E-state index contributed by atoms with van der Waals surface area (Å²) in [5.41, 5.74) is 2.51. The van der Waals surface area contributed by atoms with Crippen LogP contribution in [0.15, 0.2) is 36.9 Å². The fraction of sp³-hybridized carbons (Fsp3) is 0.385. The second-order valence-corrected chi connectivity index (χ2v) is 3.38. The van der Waals surface area contributed by atoms with Crippen LogP contribution >= 0.6 is 0 Å². The predicted molar refractivity (Wildman–Crippen MR) is 60.4 cm³/mol. The Morgan fingerprint density at radius 3 is 2.50 bits per heavy atom. The van der Waals surface area contributed by atoms with Gasteiger partial charge < -0.3 is 4.74 Å². The molecule has 0 saturated carbocycles. The second kappa shape index (κ2) is 5.61. The van der Waals surface area contributed by atoms with Crippen LogP contribution in [0, 0.1) is 6.92 Å². The Morgan fingerprint density at radius 1 is 1.36 bits per heavy atom. The third-order valence-electron chi connectivity index (χ3n) is 2.20. The monoisotopic (exact) mass is 190 g/mol. The number of benzene rings is 1. The van der Waals surface area contributed by atoms with Crippen molar-refractivity contribution in [3.63, 3.8) is 0 Å². The van der Waals surface area contributed by atoms with E-state index >= 15 is 0 Å². The SMILES string of the molecule is C=CCC(OCC)c1ccc(C)cc1. The summed E-state index contributed by atoms with van der Waals surface area (Å²) in [6.45, 7) is 8.60. The molecule has 0 aliphatic rings. The van der Waals surface area contributed by atoms with Crippen LogP contribution in [-0.4, -0.2) is 6.61 Å². The maximum atomic E-state index is 5.64. The van der Waals surface area contributed by atoms with Crippen molar-refractivity contribution in [3.05, 3.63) is 48.0 Å². The van der Waals surface area contributed by atoms with Crippen LogP contribution in [0.4, 0.5) is 0 Å². The highest BCUT2D eigenvalue weighted by Gasteiger charge is 2.08. The van der Waals surface area contributed by atoms with Gasteiger partial charge in [-0.05, 0) is 25.8 Å². The van der Waals surface area contributed by atoms with Crippen LogP contribution < -0.4 is 0 Å². The molecule has 0 bridgehead atoms. The van der Waals surface area contributed by atoms with Crippen molar-refractivity contribution in [2.24, 2.45) is 0 Å². The van der Waals surface area contributed by atoms with Gasteiger partial charge in [0.05, 0.1) is 6.10 Å². The van der Waals surface area contributed by atoms with E-state index in [1.165, 1.54) is 11.1 Å². The minimum Gasteiger partial charge on any atom is -0.373 e. The molecule has 0 aromatic heterocycles. The zero-order chi connectivity index (χ0) is 10.4. The summed E-state index contributed by atoms with van der Waals surface area (Å²) < 4.78 is 5.64. The zero-order valence-corrected chi connectivity index (χ0v) is 8.99. The van der Waals surface area contributed by atoms with E-state index < -0.39 is 0 Å². The first-order valence-electron chi connectivity index (χ1n) is 5.07. The summed E-state index contributed by atoms with van der Waals surface area (Å²) in [5.74, 6) is 0. The van der Waals surface area contributed by atoms with Crippen molar-refractivity contribution in [1.29, 1.82) is 0 Å². The molecule has 1 nitrogen and oxygen atoms in total. The van der Waals surface area contributed by atoms with Crippen molar-refractivity contribution >= 4 is 0 Å². The smallest absolute Gasteiger partial charge is 0.0859 e. The Labute approximate surface area is 86.4 Å². The number of ether oxygens (including phenoxy) is 1. The Balaban J connectivity index is 2.76. The Kier molecular flexibility index (Phi) is 4.41. The van der Waals surface area contributed by atoms with E-state index in [1.807, 2.05) is 13.0 Å². The van der Waals surface area contributed by atoms with Gasteiger partial charge >= 0.3 is 0 Å². The van der Waals surface area contributed by atoms with Crippen LogP contribution in [0.1, 0.15) is 30.6 Å². The minimum atomic E-state index is 0.165. The standard InChI is InChI=1S/C13H18O/c1-4-6-13(14-5-2)12-9-7-11(3)8-10-12/h4,7-10,13H,1,5-6H2,2-3H3. The van der Waals surface area contributed by atoms with Gasteiger partial charge in [-0.2, -0.15) is 0 Å². The van der Waals surface area contributed by atoms with E-state index in [2.05, 4.69) is 37.8 Å². The number of rotatable bonds is 5. The van der Waals surface area contributed by atoms with Gasteiger partial charge in [0.15, 0.2) is 0 Å². The maximum Gasteiger partial charge on any atom is 0.0859 e. The summed E-state index contributed by atoms with van der Waals surface area (Å²) in [6, 6.07) is 8.48. The molecule has 0 N–H and O–H groups in total. The van der Waals surface area contributed by atoms with E-state index in [9.17, 15) is 0 Å². The summed E-state index contributed by atoms with van der Waals surface area (Å²) in [5, 5.41) is 0. The molecular weight excluding hydrogens is 172 g/mol. The van der Waals surface area contributed by atoms with Crippen molar-refractivity contribution in [2.75, 3.05) is 6.61 Å². The molecule has 14 heavy (non-hydrogen) atoms. The molecule has 0 saturated heterocycles. The maximum absolute atomic E-state index is 5.64. The van der Waals surface area contributed by atoms with Crippen LogP contribution in [0.3, 0.4) is 0 Å². The molecule has 0 aliphatic heterocycles. The van der Waals surface area contributed by atoms with Crippen LogP contribution in [0.5, 0.6) is 0 Å². The lowest BCUT2D eigenvalue weighted by Crippen LogP contribution is -2.02. The number of aryl methyl sites for hydroxylation is 1. The van der Waals surface area contributed by atoms with Crippen molar-refractivity contribution in [1.82, 2.24) is 0 Å². The molecule has 1 aromatic carbocycles. The van der Waals surface area contributed by atoms with Gasteiger partial charge in [-0.3, -0.25) is 0 Å². The molecule has 1 unspecified atom stereocenters. The van der Waals surface area contributed by atoms with E-state index in [1.54, 1.807) is 0 Å². The lowest BCUT2D eigenvalue weighted by atomic mass is 10.0. The average Bonchev–Trinajstić information content (AvgIpc) is 2.19. The van der Waals surface area contributed by atoms with E-state index in [4.69, 9.17) is 4.74 Å². The summed E-state index contributed by atoms with van der Waals surface area (Å²) in [6.07, 6.45) is 2.94. The lowest BCUT2D eigenvalue weighted by Gasteiger charge is -2.15. The summed E-state index contributed by atoms with van der Waals surface area (Å²) >= 11 is 0. The lowest BCUT2D eigenvalue weighted by molar-refractivity contribution is 0.0648. The molecule has 0 fully saturated rings. The largest absolute Gasteiger partial charge is 0.373 e. The Bertz CT molecular complexity index is 274. The minimum absolute atomic E-state index is 0.165. The molecule has 0 aliphatic carbocycles. The summed E-state index contributed by atoms with van der Waals surface area (Å²) in [7, 11) is 0. The first-order chi connectivity index (χ1) is 6.77. The van der Waals surface area contributed by atoms with Crippen LogP contribution in [0.2, 0.25) is 0 Å². The quantitative estimate of drug-likeness (QED) is 0.644. The highest BCUT2D eigenvalue weighted by molar-refractivity contribution is 5.23. The molecule has 0 spiro atoms. The van der Waals surface area contributed by atoms with Gasteiger partial charge in [-0.25, -0.2) is 0 Å². The van der Waals surface area contributed by atoms with Gasteiger partial charge in [0.25, 0.3) is 0 Å². The highest BCUT2D eigenvalue weighted by Crippen LogP contribution is 2.21. The van der Waals surface area contributed by atoms with Gasteiger partial charge in [0, 0.05) is 6.61 Å². The number of hydrogen-bond acceptors (Lipinski definition) is 1. The van der Waals surface area contributed by atoms with E-state index in [-0.39, 0.29) is 6.10 Å². The van der Waals surface area contributed by atoms with Gasteiger partial charge in [0.2, 0.25) is 0 Å². The normalized spacial score (nSPS) is 12.4. The summed E-state index contributed by atoms with van der Waals surface area (Å²) in [4.78, 5) is 0. The van der Waals surface area contributed by atoms with Crippen molar-refractivity contribution < 1.29 is 4.74 Å². The molecule has 1 rings (SSSR count). The molecular formula is C13H18O. The fourth-order valence-electron chi connectivity index (χ4n) is 1.43. The third-order valence-corrected chi connectivity index (χ3v) is 2.20. The van der Waals surface area contributed by atoms with Crippen molar-refractivity contribution in [3.8, 4) is 0 Å². The Hall–Kier alpha value is -1.08. The molecule has 1 atom stereocenters. The molecule has 0 radical (unpaired) electrons. The average molecular weight is 190 g/mol. The zero-order valence-electron chi connectivity index (χ0n) is 8.99. The van der Waals surface area contributed by atoms with E-state index in [0.717, 1.165) is 13.0 Å². The molecule has 0 amide bonds. The molecule has 0 heterocycles. The number of hydrogen-bond donors (Lipinski definition) is 0. The van der Waals surface area contributed by atoms with Crippen LogP contribution in [-0.2, 0) is 4.74 Å². The first-order valence-corrected chi connectivity index (χ1v) is 5.07. The highest BCUT2D eigenvalue weighted by atomic mass is 16.5. The predicted octanol–water partition coefficient (Wildman–Crippen LogP) is 3.65. The topological polar surface area (TPSA) is 9.23 Å². The molecule has 76 valence electrons. The van der Waals surface area contributed by atoms with E-state index in [0.29, 0.717) is 0 Å². The van der Waals surface area contributed by atoms with Gasteiger partial charge in [0.1, 0.15) is 0 Å². The Morgan fingerprint density at radius 2 is 2.00 bits per heavy atom. The first kappa shape index (κ1) is 11.0. The molecule has 1 heteroatoms. The van der Waals surface area contributed by atoms with Gasteiger partial charge in [-0.15, -0.1) is 6.58 Å². The molecule has 1 aromatic rings. The second-order valence-electron chi connectivity index (χ2n) is 3.38. The third kappa shape index (κ3) is 3.00. The van der Waals surface area contributed by atoms with Crippen molar-refractivity contribution in [2.45, 2.75) is 26.4 Å². The fourth-order valence-corrected chi connectivity index (χ4v) is 1.43. The van der Waals surface area contributed by atoms with Gasteiger partial charge in [-0.1, -0.05) is 35.9 Å². The van der Waals surface area contributed by atoms with Crippen LogP contribution in [0.25, 0.3) is 0 Å².